The summed E-state index contributed by atoms with van der Waals surface area (Å²) in [5.41, 5.74) is 4.95. The molecule has 11 N–H and O–H groups in total. The number of benzene rings is 3. The van der Waals surface area contributed by atoms with Crippen LogP contribution in [0.5, 0.6) is 28.7 Å². The van der Waals surface area contributed by atoms with E-state index in [-0.39, 0.29) is 89.7 Å². The fraction of sp³-hybridized carbons (Fsp3) is 0.475. The van der Waals surface area contributed by atoms with E-state index >= 15 is 0 Å². The minimum Gasteiger partial charge on any atom is -0.502 e. The molecule has 0 saturated carbocycles. The number of ether oxygens (including phenoxy) is 6. The largest absolute Gasteiger partial charge is 0.502 e. The van der Waals surface area contributed by atoms with Gasteiger partial charge in [-0.2, -0.15) is 0 Å². The molecule has 19 nitrogen and oxygen atoms in total. The molecule has 2 heterocycles. The monoisotopic (exact) mass is 828 g/mol. The van der Waals surface area contributed by atoms with Crippen molar-refractivity contribution < 1.29 is 73.8 Å². The number of rotatable bonds is 18. The molecule has 322 valence electrons. The van der Waals surface area contributed by atoms with E-state index in [1.165, 1.54) is 19.2 Å². The first-order chi connectivity index (χ1) is 28.3. The second-order valence-corrected chi connectivity index (χ2v) is 14.1. The number of aliphatic hydroxyl groups excluding tert-OH is 5. The van der Waals surface area contributed by atoms with Gasteiger partial charge in [0.1, 0.15) is 30.5 Å². The topological polar surface area (TPSA) is 294 Å². The molecule has 0 aliphatic carbocycles. The van der Waals surface area contributed by atoms with Crippen molar-refractivity contribution in [3.8, 4) is 28.7 Å². The van der Waals surface area contributed by atoms with Crippen LogP contribution in [0, 0.1) is 0 Å². The second kappa shape index (κ2) is 20.4. The number of nitrogens with zero attached hydrogens (tertiary/aromatic N) is 1. The van der Waals surface area contributed by atoms with Crippen LogP contribution in [0.15, 0.2) is 53.5 Å². The van der Waals surface area contributed by atoms with Gasteiger partial charge in [0.15, 0.2) is 35.7 Å². The van der Waals surface area contributed by atoms with Gasteiger partial charge in [0.05, 0.1) is 37.1 Å². The normalized spacial score (nSPS) is 22.3. The maximum Gasteiger partial charge on any atom is 0.338 e. The number of phenolic OH excluding ortho intramolecular Hbond substituents is 1. The summed E-state index contributed by atoms with van der Waals surface area (Å²) >= 11 is 0. The maximum absolute atomic E-state index is 13.6. The Morgan fingerprint density at radius 3 is 2.51 bits per heavy atom. The van der Waals surface area contributed by atoms with Crippen LogP contribution in [0.1, 0.15) is 58.0 Å². The molecule has 0 aromatic heterocycles. The molecule has 19 heteroatoms. The summed E-state index contributed by atoms with van der Waals surface area (Å²) in [4.78, 5) is 30.0. The number of nitrogens with two attached hydrogens (primary N) is 1. The molecule has 2 aliphatic heterocycles. The third kappa shape index (κ3) is 10.7. The molecule has 1 fully saturated rings. The van der Waals surface area contributed by atoms with Crippen LogP contribution in [0.2, 0.25) is 0 Å². The zero-order valence-electron chi connectivity index (χ0n) is 32.7. The molecule has 0 radical (unpaired) electrons. The zero-order chi connectivity index (χ0) is 42.7. The molecule has 5 rings (SSSR count). The number of hydrogen-bond donors (Lipinski definition) is 10. The predicted molar refractivity (Wildman–Crippen MR) is 210 cm³/mol. The van der Waals surface area contributed by atoms with Crippen LogP contribution in [0.3, 0.4) is 0 Å². The van der Waals surface area contributed by atoms with Gasteiger partial charge in [-0.3, -0.25) is 0 Å². The zero-order valence-corrected chi connectivity index (χ0v) is 32.7. The molecule has 59 heavy (non-hydrogen) atoms. The molecule has 6 unspecified atom stereocenters. The van der Waals surface area contributed by atoms with Crippen LogP contribution in [0.4, 0.5) is 5.69 Å². The Labute approximate surface area is 339 Å². The summed E-state index contributed by atoms with van der Waals surface area (Å²) in [6, 6.07) is 12.6. The summed E-state index contributed by atoms with van der Waals surface area (Å²) in [6.07, 6.45) is -5.99. The summed E-state index contributed by atoms with van der Waals surface area (Å²) in [6.45, 7) is 0.788. The van der Waals surface area contributed by atoms with Gasteiger partial charge in [0, 0.05) is 43.3 Å². The van der Waals surface area contributed by atoms with E-state index in [0.717, 1.165) is 11.6 Å². The summed E-state index contributed by atoms with van der Waals surface area (Å²) < 4.78 is 35.1. The highest BCUT2D eigenvalue weighted by Crippen LogP contribution is 2.46. The smallest absolute Gasteiger partial charge is 0.338 e. The van der Waals surface area contributed by atoms with Crippen LogP contribution in [0.25, 0.3) is 0 Å². The number of carboxylic acids is 1. The Hall–Kier alpha value is -5.57. The van der Waals surface area contributed by atoms with Crippen molar-refractivity contribution in [1.29, 1.82) is 0 Å². The Balaban J connectivity index is 1.43. The van der Waals surface area contributed by atoms with Crippen LogP contribution >= 0.6 is 0 Å². The molecule has 6 atom stereocenters. The number of hydrogen-bond acceptors (Lipinski definition) is 16. The molecular formula is C40H52N4O15. The number of unbranched alkanes of at least 4 members (excludes halogenated alkanes) is 1. The number of methoxy groups -OCH3 is 1. The fourth-order valence-corrected chi connectivity index (χ4v) is 6.65. The number of carbonyl (C=O) groups is 2. The van der Waals surface area contributed by atoms with Gasteiger partial charge in [0.2, 0.25) is 12.0 Å². The molecular weight excluding hydrogens is 776 g/mol. The molecule has 1 saturated heterocycles. The van der Waals surface area contributed by atoms with Gasteiger partial charge in [-0.05, 0) is 44.2 Å². The van der Waals surface area contributed by atoms with Crippen molar-refractivity contribution in [2.75, 3.05) is 52.1 Å². The number of aliphatic hydroxyl groups is 5. The highest BCUT2D eigenvalue weighted by molar-refractivity contribution is 5.95. The number of aliphatic imine (C=N–C) groups is 1. The lowest BCUT2D eigenvalue weighted by Gasteiger charge is -2.48. The molecule has 3 aromatic rings. The SMILES string of the molecule is COc1c(O)c(OCCc2ccccc2)cc2c1CCC1(COC2=O)OC(Oc2cc(NC(C)CO)c(C(=O)O)cc2OCN=C(N)NCCCCO)C(O)C(O)C1O. The summed E-state index contributed by atoms with van der Waals surface area (Å²) in [5.74, 6) is -3.12. The van der Waals surface area contributed by atoms with E-state index < -0.39 is 61.5 Å². The Morgan fingerprint density at radius 2 is 1.81 bits per heavy atom. The minimum atomic E-state index is -1.92. The third-order valence-electron chi connectivity index (χ3n) is 9.91. The first-order valence-corrected chi connectivity index (χ1v) is 19.0. The lowest BCUT2D eigenvalue weighted by atomic mass is 9.81. The van der Waals surface area contributed by atoms with Crippen molar-refractivity contribution in [3.63, 3.8) is 0 Å². The average Bonchev–Trinajstić information content (AvgIpc) is 3.22. The number of fused-ring (bicyclic) bond motifs is 1. The fourth-order valence-electron chi connectivity index (χ4n) is 6.65. The van der Waals surface area contributed by atoms with Gasteiger partial charge in [-0.1, -0.05) is 30.3 Å². The molecule has 3 aromatic carbocycles. The first-order valence-electron chi connectivity index (χ1n) is 19.0. The van der Waals surface area contributed by atoms with E-state index in [0.29, 0.717) is 25.8 Å². The lowest BCUT2D eigenvalue weighted by Crippen LogP contribution is -2.67. The molecule has 0 amide bonds. The number of phenols is 1. The quantitative estimate of drug-likeness (QED) is 0.0369. The summed E-state index contributed by atoms with van der Waals surface area (Å²) in [7, 11) is 1.30. The number of nitrogens with one attached hydrogen (secondary N) is 2. The number of aromatic hydroxyl groups is 1. The number of carboxylic acid groups (broad SMARTS) is 1. The van der Waals surface area contributed by atoms with Crippen molar-refractivity contribution in [3.05, 3.63) is 70.8 Å². The van der Waals surface area contributed by atoms with Gasteiger partial charge >= 0.3 is 11.9 Å². The third-order valence-corrected chi connectivity index (χ3v) is 9.91. The van der Waals surface area contributed by atoms with Crippen molar-refractivity contribution >= 4 is 23.6 Å². The van der Waals surface area contributed by atoms with Gasteiger partial charge in [0.25, 0.3) is 0 Å². The standard InChI is InChI=1S/C40H52N4O15/c1-22(19-46)44-27-18-29(28(17-26(27)36(51)52)57-21-43-39(41)42-13-6-7-14-45)58-38-33(49)32(48)35(50)40(59-38)12-10-24-25(37(53)56-20-40)16-30(31(47)34(24)54-2)55-15-11-23-8-4-3-5-9-23/h3-5,8-9,16-18,22,32-33,35,38,44-50H,6-7,10-15,19-21H2,1-2H3,(H,51,52)(H3,41,42,43). The van der Waals surface area contributed by atoms with E-state index in [1.54, 1.807) is 6.92 Å². The van der Waals surface area contributed by atoms with Gasteiger partial charge in [-0.15, -0.1) is 0 Å². The van der Waals surface area contributed by atoms with Crippen LogP contribution in [-0.4, -0.2) is 137 Å². The minimum absolute atomic E-state index is 0.00108. The van der Waals surface area contributed by atoms with Gasteiger partial charge < -0.3 is 80.5 Å². The number of guanidine groups is 1. The number of cyclic esters (lactones) is 1. The molecule has 0 bridgehead atoms. The number of carbonyl (C=O) groups excluding carboxylic acids is 1. The van der Waals surface area contributed by atoms with E-state index in [2.05, 4.69) is 15.6 Å². The highest BCUT2D eigenvalue weighted by Gasteiger charge is 2.56. The Kier molecular flexibility index (Phi) is 15.4. The average molecular weight is 829 g/mol. The number of anilines is 1. The summed E-state index contributed by atoms with van der Waals surface area (Å²) in [5, 5.41) is 79.4. The van der Waals surface area contributed by atoms with E-state index in [1.807, 2.05) is 30.3 Å². The van der Waals surface area contributed by atoms with Crippen LogP contribution in [-0.2, 0) is 22.3 Å². The lowest BCUT2D eigenvalue weighted by molar-refractivity contribution is -0.320. The van der Waals surface area contributed by atoms with E-state index in [9.17, 15) is 40.2 Å². The Morgan fingerprint density at radius 1 is 1.05 bits per heavy atom. The second-order valence-electron chi connectivity index (χ2n) is 14.1. The van der Waals surface area contributed by atoms with E-state index in [4.69, 9.17) is 39.3 Å². The maximum atomic E-state index is 13.6. The van der Waals surface area contributed by atoms with Gasteiger partial charge in [-0.25, -0.2) is 14.6 Å². The van der Waals surface area contributed by atoms with Crippen molar-refractivity contribution in [2.45, 2.75) is 75.3 Å². The van der Waals surface area contributed by atoms with Crippen LogP contribution < -0.4 is 35.3 Å². The highest BCUT2D eigenvalue weighted by atomic mass is 16.7. The Bertz CT molecular complexity index is 1930. The van der Waals surface area contributed by atoms with Crippen molar-refractivity contribution in [1.82, 2.24) is 5.32 Å². The molecule has 1 spiro atoms. The number of esters is 1. The molecule has 2 aliphatic rings. The number of aromatic carboxylic acids is 1. The predicted octanol–water partition coefficient (Wildman–Crippen LogP) is 0.886. The van der Waals surface area contributed by atoms with Crippen molar-refractivity contribution in [2.24, 2.45) is 10.7 Å². The first kappa shape index (κ1) is 44.5.